The quantitative estimate of drug-likeness (QED) is 0.459. The normalized spacial score (nSPS) is 15.9. The van der Waals surface area contributed by atoms with Crippen molar-refractivity contribution in [3.8, 4) is 11.5 Å². The Morgan fingerprint density at radius 1 is 1.03 bits per heavy atom. The van der Waals surface area contributed by atoms with Crippen LogP contribution in [0.4, 0.5) is 0 Å². The van der Waals surface area contributed by atoms with Crippen molar-refractivity contribution in [3.05, 3.63) is 35.0 Å². The molecule has 0 aliphatic carbocycles. The van der Waals surface area contributed by atoms with Crippen molar-refractivity contribution < 1.29 is 28.5 Å². The van der Waals surface area contributed by atoms with E-state index in [1.807, 2.05) is 6.92 Å². The molecule has 1 atom stereocenters. The van der Waals surface area contributed by atoms with E-state index in [1.165, 1.54) is 0 Å². The first-order valence-electron chi connectivity index (χ1n) is 9.41. The highest BCUT2D eigenvalue weighted by molar-refractivity contribution is 7.80. The van der Waals surface area contributed by atoms with Crippen LogP contribution in [0.15, 0.2) is 29.5 Å². The largest absolute Gasteiger partial charge is 0.490 e. The summed E-state index contributed by atoms with van der Waals surface area (Å²) in [4.78, 5) is 24.1. The van der Waals surface area contributed by atoms with E-state index in [4.69, 9.17) is 31.2 Å². The molecule has 0 bridgehead atoms. The monoisotopic (exact) mass is 422 g/mol. The van der Waals surface area contributed by atoms with Crippen molar-refractivity contribution in [2.75, 3.05) is 26.4 Å². The van der Waals surface area contributed by atoms with E-state index in [9.17, 15) is 9.59 Å². The van der Waals surface area contributed by atoms with Crippen LogP contribution in [0.2, 0.25) is 0 Å². The molecule has 0 saturated carbocycles. The summed E-state index contributed by atoms with van der Waals surface area (Å²) in [6.45, 7) is 7.81. The molecule has 8 nitrogen and oxygen atoms in total. The fourth-order valence-corrected chi connectivity index (χ4v) is 3.13. The van der Waals surface area contributed by atoms with Gasteiger partial charge in [0, 0.05) is 5.70 Å². The summed E-state index contributed by atoms with van der Waals surface area (Å²) in [5.74, 6) is -0.0504. The van der Waals surface area contributed by atoms with Crippen LogP contribution in [-0.4, -0.2) is 43.5 Å². The first-order valence-corrected chi connectivity index (χ1v) is 9.82. The lowest BCUT2D eigenvalue weighted by Gasteiger charge is -2.30. The van der Waals surface area contributed by atoms with E-state index < -0.39 is 18.0 Å². The Bertz CT molecular complexity index is 808. The highest BCUT2D eigenvalue weighted by Gasteiger charge is 2.31. The SMILES string of the molecule is CCOC(=O)COc1ccc([C@H]2NC(=S)NC(C)=C2C(=O)OCC)cc1OCC. The van der Waals surface area contributed by atoms with Crippen molar-refractivity contribution in [2.24, 2.45) is 0 Å². The predicted octanol–water partition coefficient (Wildman–Crippen LogP) is 2.38. The number of esters is 2. The van der Waals surface area contributed by atoms with Gasteiger partial charge in [0.2, 0.25) is 0 Å². The molecule has 0 aromatic heterocycles. The molecule has 0 spiro atoms. The number of allylic oxidation sites excluding steroid dienone is 1. The maximum atomic E-state index is 12.5. The van der Waals surface area contributed by atoms with Gasteiger partial charge in [-0.3, -0.25) is 0 Å². The van der Waals surface area contributed by atoms with E-state index in [0.717, 1.165) is 5.56 Å². The van der Waals surface area contributed by atoms with E-state index in [-0.39, 0.29) is 19.8 Å². The van der Waals surface area contributed by atoms with Crippen molar-refractivity contribution in [3.63, 3.8) is 0 Å². The number of rotatable bonds is 9. The zero-order chi connectivity index (χ0) is 21.4. The Hall–Kier alpha value is -2.81. The molecule has 1 aromatic rings. The third-order valence-electron chi connectivity index (χ3n) is 4.02. The summed E-state index contributed by atoms with van der Waals surface area (Å²) in [5.41, 5.74) is 1.80. The number of carbonyl (C=O) groups excluding carboxylic acids is 2. The van der Waals surface area contributed by atoms with Crippen molar-refractivity contribution >= 4 is 29.3 Å². The lowest BCUT2D eigenvalue weighted by molar-refractivity contribution is -0.145. The summed E-state index contributed by atoms with van der Waals surface area (Å²) in [7, 11) is 0. The topological polar surface area (TPSA) is 95.1 Å². The highest BCUT2D eigenvalue weighted by atomic mass is 32.1. The van der Waals surface area contributed by atoms with Gasteiger partial charge in [-0.25, -0.2) is 9.59 Å². The maximum Gasteiger partial charge on any atom is 0.344 e. The zero-order valence-electron chi connectivity index (χ0n) is 17.0. The molecule has 0 saturated heterocycles. The lowest BCUT2D eigenvalue weighted by atomic mass is 9.95. The Labute approximate surface area is 175 Å². The summed E-state index contributed by atoms with van der Waals surface area (Å²) in [5, 5.41) is 6.46. The minimum Gasteiger partial charge on any atom is -0.490 e. The number of hydrogen-bond donors (Lipinski definition) is 2. The Kier molecular flexibility index (Phi) is 8.26. The molecule has 1 heterocycles. The van der Waals surface area contributed by atoms with Crippen LogP contribution in [0.1, 0.15) is 39.3 Å². The lowest BCUT2D eigenvalue weighted by Crippen LogP contribution is -2.45. The van der Waals surface area contributed by atoms with E-state index >= 15 is 0 Å². The van der Waals surface area contributed by atoms with Gasteiger partial charge in [-0.1, -0.05) is 6.07 Å². The molecular formula is C20H26N2O6S. The summed E-state index contributed by atoms with van der Waals surface area (Å²) < 4.78 is 21.3. The Morgan fingerprint density at radius 3 is 2.41 bits per heavy atom. The first kappa shape index (κ1) is 22.5. The molecule has 0 amide bonds. The number of ether oxygens (including phenoxy) is 4. The Morgan fingerprint density at radius 2 is 1.76 bits per heavy atom. The van der Waals surface area contributed by atoms with Crippen molar-refractivity contribution in [1.82, 2.24) is 10.6 Å². The minimum atomic E-state index is -0.513. The molecule has 1 aliphatic heterocycles. The van der Waals surface area contributed by atoms with Crippen molar-refractivity contribution in [1.29, 1.82) is 0 Å². The molecule has 0 fully saturated rings. The third-order valence-corrected chi connectivity index (χ3v) is 4.24. The molecule has 2 rings (SSSR count). The fourth-order valence-electron chi connectivity index (χ4n) is 2.85. The Balaban J connectivity index is 2.35. The van der Waals surface area contributed by atoms with E-state index in [0.29, 0.717) is 34.5 Å². The molecule has 1 aliphatic rings. The van der Waals surface area contributed by atoms with Gasteiger partial charge in [-0.05, 0) is 57.6 Å². The molecule has 9 heteroatoms. The van der Waals surface area contributed by atoms with Gasteiger partial charge < -0.3 is 29.6 Å². The van der Waals surface area contributed by atoms with Crippen LogP contribution in [0.25, 0.3) is 0 Å². The first-order chi connectivity index (χ1) is 13.9. The molecular weight excluding hydrogens is 396 g/mol. The smallest absolute Gasteiger partial charge is 0.344 e. The van der Waals surface area contributed by atoms with Crippen LogP contribution in [-0.2, 0) is 19.1 Å². The van der Waals surface area contributed by atoms with Crippen LogP contribution >= 0.6 is 12.2 Å². The minimum absolute atomic E-state index is 0.226. The average molecular weight is 423 g/mol. The molecule has 2 N–H and O–H groups in total. The second kappa shape index (κ2) is 10.7. The summed E-state index contributed by atoms with van der Waals surface area (Å²) in [6.07, 6.45) is 0. The van der Waals surface area contributed by atoms with Gasteiger partial charge in [0.15, 0.2) is 23.2 Å². The number of nitrogens with one attached hydrogen (secondary N) is 2. The van der Waals surface area contributed by atoms with E-state index in [1.54, 1.807) is 39.0 Å². The number of benzene rings is 1. The van der Waals surface area contributed by atoms with Gasteiger partial charge >= 0.3 is 11.9 Å². The van der Waals surface area contributed by atoms with Crippen molar-refractivity contribution in [2.45, 2.75) is 33.7 Å². The zero-order valence-corrected chi connectivity index (χ0v) is 17.8. The molecule has 158 valence electrons. The average Bonchev–Trinajstić information content (AvgIpc) is 2.67. The molecule has 0 radical (unpaired) electrons. The standard InChI is InChI=1S/C20H26N2O6S/c1-5-25-15-10-13(8-9-14(15)28-11-16(23)26-6-2)18-17(19(24)27-7-3)12(4)21-20(29)22-18/h8-10,18H,5-7,11H2,1-4H3,(H2,21,22,29)/t18-/m1/s1. The van der Waals surface area contributed by atoms with E-state index in [2.05, 4.69) is 10.6 Å². The van der Waals surface area contributed by atoms with Crippen LogP contribution in [0.5, 0.6) is 11.5 Å². The third kappa shape index (κ3) is 5.83. The second-order valence-corrected chi connectivity index (χ2v) is 6.43. The fraction of sp³-hybridized carbons (Fsp3) is 0.450. The molecule has 1 aromatic carbocycles. The van der Waals surface area contributed by atoms with Gasteiger partial charge in [0.1, 0.15) is 0 Å². The number of thiocarbonyl (C=S) groups is 1. The van der Waals surface area contributed by atoms with Crippen LogP contribution in [0.3, 0.4) is 0 Å². The second-order valence-electron chi connectivity index (χ2n) is 6.02. The molecule has 0 unspecified atom stereocenters. The number of carbonyl (C=O) groups is 2. The van der Waals surface area contributed by atoms with Crippen LogP contribution in [0, 0.1) is 0 Å². The molecule has 29 heavy (non-hydrogen) atoms. The van der Waals surface area contributed by atoms with Gasteiger partial charge in [-0.15, -0.1) is 0 Å². The van der Waals surface area contributed by atoms with Gasteiger partial charge in [-0.2, -0.15) is 0 Å². The van der Waals surface area contributed by atoms with Crippen LogP contribution < -0.4 is 20.1 Å². The number of hydrogen-bond acceptors (Lipinski definition) is 7. The summed E-state index contributed by atoms with van der Waals surface area (Å²) in [6, 6.07) is 4.70. The van der Waals surface area contributed by atoms with Gasteiger partial charge in [0.25, 0.3) is 0 Å². The summed E-state index contributed by atoms with van der Waals surface area (Å²) >= 11 is 5.25. The highest BCUT2D eigenvalue weighted by Crippen LogP contribution is 2.34. The predicted molar refractivity (Wildman–Crippen MR) is 111 cm³/mol. The van der Waals surface area contributed by atoms with Gasteiger partial charge in [0.05, 0.1) is 31.4 Å². The maximum absolute atomic E-state index is 12.5.